The van der Waals surface area contributed by atoms with Gasteiger partial charge in [-0.1, -0.05) is 45.9 Å². The molecule has 0 radical (unpaired) electrons. The van der Waals surface area contributed by atoms with Gasteiger partial charge in [-0.3, -0.25) is 4.79 Å². The fourth-order valence-electron chi connectivity index (χ4n) is 3.25. The van der Waals surface area contributed by atoms with E-state index in [9.17, 15) is 4.79 Å². The highest BCUT2D eigenvalue weighted by Gasteiger charge is 2.21. The molecule has 0 saturated carbocycles. The molecule has 0 bridgehead atoms. The topological polar surface area (TPSA) is 38.3 Å². The molecule has 3 nitrogen and oxygen atoms in total. The van der Waals surface area contributed by atoms with Crippen molar-refractivity contribution in [1.82, 2.24) is 5.32 Å². The Hall–Kier alpha value is -2.59. The highest BCUT2D eigenvalue weighted by molar-refractivity contribution is 7.17. The fraction of sp³-hybridized carbons (Fsp3) is 0.292. The van der Waals surface area contributed by atoms with Crippen LogP contribution in [0.25, 0.3) is 10.4 Å². The van der Waals surface area contributed by atoms with E-state index in [2.05, 4.69) is 33.0 Å². The molecule has 2 aromatic carbocycles. The van der Waals surface area contributed by atoms with Crippen molar-refractivity contribution in [3.8, 4) is 21.9 Å². The van der Waals surface area contributed by atoms with Gasteiger partial charge in [0.1, 0.15) is 11.5 Å². The normalized spacial score (nSPS) is 11.2. The average molecular weight is 394 g/mol. The maximum atomic E-state index is 12.6. The molecular formula is C24H27NO2S. The second-order valence-corrected chi connectivity index (χ2v) is 8.67. The van der Waals surface area contributed by atoms with Crippen molar-refractivity contribution < 1.29 is 9.53 Å². The van der Waals surface area contributed by atoms with E-state index in [4.69, 9.17) is 4.74 Å². The van der Waals surface area contributed by atoms with Crippen LogP contribution in [0.2, 0.25) is 0 Å². The number of hydrogen-bond donors (Lipinski definition) is 1. The van der Waals surface area contributed by atoms with Gasteiger partial charge < -0.3 is 10.1 Å². The summed E-state index contributed by atoms with van der Waals surface area (Å²) in [5.41, 5.74) is 1.08. The molecule has 4 heteroatoms. The minimum atomic E-state index is 0.00711. The molecule has 0 aliphatic carbocycles. The van der Waals surface area contributed by atoms with Gasteiger partial charge in [0.25, 0.3) is 5.91 Å². The zero-order chi connectivity index (χ0) is 20.1. The van der Waals surface area contributed by atoms with Crippen LogP contribution in [0.4, 0.5) is 0 Å². The standard InChI is InChI=1S/C24H27NO2S/c1-16(2)23(17(3)4)25-24(26)22-15-14-21(28-22)18-10-12-20(13-11-18)27-19-8-6-5-7-9-19/h5-17,23H,1-4H3,(H,25,26). The molecule has 0 atom stereocenters. The van der Waals surface area contributed by atoms with Crippen molar-refractivity contribution in [3.05, 3.63) is 71.6 Å². The number of amides is 1. The van der Waals surface area contributed by atoms with Gasteiger partial charge in [-0.05, 0) is 65.9 Å². The number of ether oxygens (including phenoxy) is 1. The van der Waals surface area contributed by atoms with Gasteiger partial charge in [0.05, 0.1) is 4.88 Å². The number of rotatable bonds is 7. The number of carbonyl (C=O) groups is 1. The quantitative estimate of drug-likeness (QED) is 0.490. The third-order valence-corrected chi connectivity index (χ3v) is 5.81. The van der Waals surface area contributed by atoms with E-state index in [1.165, 1.54) is 11.3 Å². The van der Waals surface area contributed by atoms with Gasteiger partial charge in [-0.15, -0.1) is 11.3 Å². The fourth-order valence-corrected chi connectivity index (χ4v) is 4.17. The molecule has 146 valence electrons. The number of thiophene rings is 1. The zero-order valence-corrected chi connectivity index (χ0v) is 17.6. The highest BCUT2D eigenvalue weighted by Crippen LogP contribution is 2.31. The second-order valence-electron chi connectivity index (χ2n) is 7.59. The Bertz CT molecular complexity index is 890. The summed E-state index contributed by atoms with van der Waals surface area (Å²) in [4.78, 5) is 14.5. The zero-order valence-electron chi connectivity index (χ0n) is 16.8. The van der Waals surface area contributed by atoms with Gasteiger partial charge in [0, 0.05) is 10.9 Å². The summed E-state index contributed by atoms with van der Waals surface area (Å²) in [5, 5.41) is 3.18. The van der Waals surface area contributed by atoms with E-state index in [-0.39, 0.29) is 11.9 Å². The predicted molar refractivity (Wildman–Crippen MR) is 117 cm³/mol. The lowest BCUT2D eigenvalue weighted by Crippen LogP contribution is -2.41. The Kier molecular flexibility index (Phi) is 6.53. The Morgan fingerprint density at radius 1 is 0.821 bits per heavy atom. The van der Waals surface area contributed by atoms with Crippen LogP contribution in [0.15, 0.2) is 66.7 Å². The Labute approximate surface area is 171 Å². The molecule has 0 unspecified atom stereocenters. The van der Waals surface area contributed by atoms with Gasteiger partial charge in [0.15, 0.2) is 0 Å². The van der Waals surface area contributed by atoms with Crippen molar-refractivity contribution in [3.63, 3.8) is 0 Å². The number of para-hydroxylation sites is 1. The number of carbonyl (C=O) groups excluding carboxylic acids is 1. The van der Waals surface area contributed by atoms with Gasteiger partial charge in [-0.2, -0.15) is 0 Å². The summed E-state index contributed by atoms with van der Waals surface area (Å²) < 4.78 is 5.84. The second kappa shape index (κ2) is 9.07. The van der Waals surface area contributed by atoms with Crippen LogP contribution in [0.1, 0.15) is 37.4 Å². The van der Waals surface area contributed by atoms with Crippen LogP contribution >= 0.6 is 11.3 Å². The lowest BCUT2D eigenvalue weighted by Gasteiger charge is -2.25. The molecule has 3 aromatic rings. The van der Waals surface area contributed by atoms with E-state index in [1.54, 1.807) is 0 Å². The molecule has 28 heavy (non-hydrogen) atoms. The first-order valence-electron chi connectivity index (χ1n) is 9.68. The molecule has 0 aliphatic heterocycles. The molecule has 0 aliphatic rings. The first-order valence-corrected chi connectivity index (χ1v) is 10.5. The summed E-state index contributed by atoms with van der Waals surface area (Å²) in [7, 11) is 0. The Morgan fingerprint density at radius 3 is 2.04 bits per heavy atom. The third-order valence-electron chi connectivity index (χ3n) is 4.68. The number of nitrogens with one attached hydrogen (secondary N) is 1. The summed E-state index contributed by atoms with van der Waals surface area (Å²) in [5.74, 6) is 2.42. The van der Waals surface area contributed by atoms with E-state index in [0.717, 1.165) is 26.8 Å². The summed E-state index contributed by atoms with van der Waals surface area (Å²) in [6.07, 6.45) is 0. The van der Waals surface area contributed by atoms with Crippen LogP contribution in [0.5, 0.6) is 11.5 Å². The van der Waals surface area contributed by atoms with Crippen LogP contribution in [-0.2, 0) is 0 Å². The molecule has 1 aromatic heterocycles. The molecule has 3 rings (SSSR count). The summed E-state index contributed by atoms with van der Waals surface area (Å²) in [6.45, 7) is 8.57. The van der Waals surface area contributed by atoms with Crippen molar-refractivity contribution in [2.24, 2.45) is 11.8 Å². The maximum absolute atomic E-state index is 12.6. The van der Waals surface area contributed by atoms with Crippen molar-refractivity contribution in [1.29, 1.82) is 0 Å². The first kappa shape index (κ1) is 20.2. The van der Waals surface area contributed by atoms with Gasteiger partial charge >= 0.3 is 0 Å². The lowest BCUT2D eigenvalue weighted by molar-refractivity contribution is 0.0914. The lowest BCUT2D eigenvalue weighted by atomic mass is 9.93. The number of hydrogen-bond acceptors (Lipinski definition) is 3. The predicted octanol–water partition coefficient (Wildman–Crippen LogP) is 6.62. The van der Waals surface area contributed by atoms with E-state index < -0.39 is 0 Å². The van der Waals surface area contributed by atoms with Crippen molar-refractivity contribution in [2.75, 3.05) is 0 Å². The van der Waals surface area contributed by atoms with Crippen molar-refractivity contribution in [2.45, 2.75) is 33.7 Å². The summed E-state index contributed by atoms with van der Waals surface area (Å²) in [6, 6.07) is 21.8. The molecular weight excluding hydrogens is 366 g/mol. The Morgan fingerprint density at radius 2 is 1.43 bits per heavy atom. The van der Waals surface area contributed by atoms with E-state index >= 15 is 0 Å². The van der Waals surface area contributed by atoms with Crippen LogP contribution < -0.4 is 10.1 Å². The van der Waals surface area contributed by atoms with Crippen molar-refractivity contribution >= 4 is 17.2 Å². The molecule has 0 saturated heterocycles. The Balaban J connectivity index is 1.68. The van der Waals surface area contributed by atoms with Crippen LogP contribution in [-0.4, -0.2) is 11.9 Å². The van der Waals surface area contributed by atoms with E-state index in [1.807, 2.05) is 66.7 Å². The molecule has 0 fully saturated rings. The molecule has 0 spiro atoms. The minimum Gasteiger partial charge on any atom is -0.457 e. The minimum absolute atomic E-state index is 0.00711. The van der Waals surface area contributed by atoms with Gasteiger partial charge in [-0.25, -0.2) is 0 Å². The first-order chi connectivity index (χ1) is 13.4. The van der Waals surface area contributed by atoms with Crippen LogP contribution in [0, 0.1) is 11.8 Å². The van der Waals surface area contributed by atoms with Gasteiger partial charge in [0.2, 0.25) is 0 Å². The highest BCUT2D eigenvalue weighted by atomic mass is 32.1. The average Bonchev–Trinajstić information content (AvgIpc) is 3.17. The SMILES string of the molecule is CC(C)C(NC(=O)c1ccc(-c2ccc(Oc3ccccc3)cc2)s1)C(C)C. The molecule has 1 N–H and O–H groups in total. The largest absolute Gasteiger partial charge is 0.457 e. The molecule has 1 heterocycles. The van der Waals surface area contributed by atoms with Crippen LogP contribution in [0.3, 0.4) is 0 Å². The molecule has 1 amide bonds. The smallest absolute Gasteiger partial charge is 0.261 e. The maximum Gasteiger partial charge on any atom is 0.261 e. The van der Waals surface area contributed by atoms with E-state index in [0.29, 0.717) is 11.8 Å². The summed E-state index contributed by atoms with van der Waals surface area (Å²) >= 11 is 1.52. The third kappa shape index (κ3) is 5.02. The monoisotopic (exact) mass is 393 g/mol. The number of benzene rings is 2.